The average Bonchev–Trinajstić information content (AvgIpc) is 3.35. The van der Waals surface area contributed by atoms with Crippen molar-refractivity contribution < 1.29 is 9.59 Å². The summed E-state index contributed by atoms with van der Waals surface area (Å²) in [5.74, 6) is 0.0984. The number of carbonyl (C=O) groups is 2. The maximum Gasteiger partial charge on any atom is 0.228 e. The molecule has 3 aromatic rings. The summed E-state index contributed by atoms with van der Waals surface area (Å²) in [6, 6.07) is 14.1. The molecule has 0 bridgehead atoms. The van der Waals surface area contributed by atoms with Crippen LogP contribution in [0.3, 0.4) is 0 Å². The molecule has 142 valence electrons. The van der Waals surface area contributed by atoms with Crippen LogP contribution in [0.15, 0.2) is 61.2 Å². The molecule has 1 aromatic heterocycles. The van der Waals surface area contributed by atoms with E-state index in [0.717, 1.165) is 40.9 Å². The first-order valence-electron chi connectivity index (χ1n) is 9.43. The zero-order valence-electron chi connectivity index (χ0n) is 15.5. The molecule has 6 heteroatoms. The first-order chi connectivity index (χ1) is 13.7. The van der Waals surface area contributed by atoms with E-state index in [1.54, 1.807) is 12.5 Å². The van der Waals surface area contributed by atoms with Gasteiger partial charge in [-0.2, -0.15) is 0 Å². The molecule has 0 fully saturated rings. The maximum atomic E-state index is 12.1. The van der Waals surface area contributed by atoms with Gasteiger partial charge in [-0.15, -0.1) is 0 Å². The van der Waals surface area contributed by atoms with Crippen molar-refractivity contribution in [1.82, 2.24) is 14.9 Å². The summed E-state index contributed by atoms with van der Waals surface area (Å²) in [5.41, 5.74) is 5.22. The standard InChI is InChI=1S/C22H22N4O2/c27-21(3-1-2-16-6-9-20-18(12-16)13-22(28)25-20)24-14-17-4-7-19(8-5-17)26-11-10-23-15-26/h4-12,15H,1-3,13-14H2,(H,24,27)(H,25,28). The lowest BCUT2D eigenvalue weighted by molar-refractivity contribution is -0.121. The van der Waals surface area contributed by atoms with Crippen molar-refractivity contribution in [3.63, 3.8) is 0 Å². The number of nitrogens with zero attached hydrogens (tertiary/aromatic N) is 2. The molecule has 2 heterocycles. The summed E-state index contributed by atoms with van der Waals surface area (Å²) in [6.45, 7) is 0.523. The van der Waals surface area contributed by atoms with Crippen LogP contribution in [0, 0.1) is 0 Å². The molecule has 0 unspecified atom stereocenters. The molecule has 2 aromatic carbocycles. The van der Waals surface area contributed by atoms with Crippen LogP contribution >= 0.6 is 0 Å². The Labute approximate surface area is 163 Å². The minimum atomic E-state index is 0.0459. The van der Waals surface area contributed by atoms with Gasteiger partial charge in [-0.1, -0.05) is 24.3 Å². The SMILES string of the molecule is O=C(CCCc1ccc2c(c1)CC(=O)N2)NCc1ccc(-n2ccnc2)cc1. The first-order valence-corrected chi connectivity index (χ1v) is 9.43. The Morgan fingerprint density at radius 1 is 1.14 bits per heavy atom. The van der Waals surface area contributed by atoms with E-state index in [9.17, 15) is 9.59 Å². The number of aromatic nitrogens is 2. The van der Waals surface area contributed by atoms with Gasteiger partial charge >= 0.3 is 0 Å². The van der Waals surface area contributed by atoms with Gasteiger partial charge in [0.1, 0.15) is 0 Å². The molecule has 1 aliphatic heterocycles. The monoisotopic (exact) mass is 374 g/mol. The van der Waals surface area contributed by atoms with Crippen molar-refractivity contribution in [2.75, 3.05) is 5.32 Å². The predicted molar refractivity (Wildman–Crippen MR) is 107 cm³/mol. The van der Waals surface area contributed by atoms with Gasteiger partial charge in [-0.05, 0) is 47.7 Å². The molecule has 1 aliphatic rings. The summed E-state index contributed by atoms with van der Waals surface area (Å²) >= 11 is 0. The molecule has 28 heavy (non-hydrogen) atoms. The highest BCUT2D eigenvalue weighted by Gasteiger charge is 2.17. The number of rotatable bonds is 7. The maximum absolute atomic E-state index is 12.1. The van der Waals surface area contributed by atoms with Gasteiger partial charge in [0.2, 0.25) is 11.8 Å². The van der Waals surface area contributed by atoms with Gasteiger partial charge in [-0.25, -0.2) is 4.98 Å². The van der Waals surface area contributed by atoms with Crippen LogP contribution in [0.1, 0.15) is 29.5 Å². The molecule has 0 aliphatic carbocycles. The summed E-state index contributed by atoms with van der Waals surface area (Å²) < 4.78 is 1.94. The number of nitrogens with one attached hydrogen (secondary N) is 2. The van der Waals surface area contributed by atoms with E-state index in [1.807, 2.05) is 47.2 Å². The van der Waals surface area contributed by atoms with Crippen LogP contribution in [0.2, 0.25) is 0 Å². The molecular weight excluding hydrogens is 352 g/mol. The largest absolute Gasteiger partial charge is 0.352 e. The zero-order chi connectivity index (χ0) is 19.3. The third-order valence-electron chi connectivity index (χ3n) is 4.89. The molecule has 2 amide bonds. The number of aryl methyl sites for hydroxylation is 1. The minimum Gasteiger partial charge on any atom is -0.352 e. The minimum absolute atomic E-state index is 0.0459. The molecule has 6 nitrogen and oxygen atoms in total. The number of fused-ring (bicyclic) bond motifs is 1. The average molecular weight is 374 g/mol. The van der Waals surface area contributed by atoms with E-state index in [0.29, 0.717) is 19.4 Å². The number of imidazole rings is 1. The van der Waals surface area contributed by atoms with Crippen LogP contribution < -0.4 is 10.6 Å². The predicted octanol–water partition coefficient (Wildman–Crippen LogP) is 3.01. The number of hydrogen-bond donors (Lipinski definition) is 2. The Balaban J connectivity index is 1.21. The van der Waals surface area contributed by atoms with Gasteiger partial charge < -0.3 is 15.2 Å². The smallest absolute Gasteiger partial charge is 0.228 e. The van der Waals surface area contributed by atoms with Crippen molar-refractivity contribution in [2.24, 2.45) is 0 Å². The van der Waals surface area contributed by atoms with Gasteiger partial charge in [0.05, 0.1) is 12.7 Å². The lowest BCUT2D eigenvalue weighted by Gasteiger charge is -2.08. The van der Waals surface area contributed by atoms with E-state index >= 15 is 0 Å². The Hall–Kier alpha value is -3.41. The molecule has 4 rings (SSSR count). The first kappa shape index (κ1) is 18.0. The summed E-state index contributed by atoms with van der Waals surface area (Å²) in [6.07, 6.45) is 7.94. The van der Waals surface area contributed by atoms with E-state index in [-0.39, 0.29) is 11.8 Å². The fourth-order valence-electron chi connectivity index (χ4n) is 3.38. The molecular formula is C22H22N4O2. The van der Waals surface area contributed by atoms with Crippen LogP contribution in [-0.4, -0.2) is 21.4 Å². The third-order valence-corrected chi connectivity index (χ3v) is 4.89. The van der Waals surface area contributed by atoms with Crippen molar-refractivity contribution in [1.29, 1.82) is 0 Å². The molecule has 0 saturated carbocycles. The Morgan fingerprint density at radius 3 is 2.75 bits per heavy atom. The summed E-state index contributed by atoms with van der Waals surface area (Å²) in [7, 11) is 0. The highest BCUT2D eigenvalue weighted by atomic mass is 16.2. The van der Waals surface area contributed by atoms with Crippen LogP contribution in [0.5, 0.6) is 0 Å². The Bertz CT molecular complexity index is 978. The van der Waals surface area contributed by atoms with Gasteiger partial charge in [0.25, 0.3) is 0 Å². The van der Waals surface area contributed by atoms with Crippen LogP contribution in [0.25, 0.3) is 5.69 Å². The van der Waals surface area contributed by atoms with Crippen molar-refractivity contribution in [2.45, 2.75) is 32.2 Å². The molecule has 0 saturated heterocycles. The van der Waals surface area contributed by atoms with Crippen LogP contribution in [-0.2, 0) is 29.0 Å². The van der Waals surface area contributed by atoms with E-state index < -0.39 is 0 Å². The summed E-state index contributed by atoms with van der Waals surface area (Å²) in [4.78, 5) is 27.6. The number of anilines is 1. The normalized spacial score (nSPS) is 12.5. The van der Waals surface area contributed by atoms with Gasteiger partial charge in [0, 0.05) is 36.7 Å². The fraction of sp³-hybridized carbons (Fsp3) is 0.227. The molecule has 0 atom stereocenters. The second-order valence-electron chi connectivity index (χ2n) is 6.98. The second-order valence-corrected chi connectivity index (χ2v) is 6.98. The highest BCUT2D eigenvalue weighted by molar-refractivity contribution is 5.99. The lowest BCUT2D eigenvalue weighted by Crippen LogP contribution is -2.22. The fourth-order valence-corrected chi connectivity index (χ4v) is 3.38. The number of hydrogen-bond acceptors (Lipinski definition) is 3. The third kappa shape index (κ3) is 4.28. The Kier molecular flexibility index (Phi) is 5.19. The zero-order valence-corrected chi connectivity index (χ0v) is 15.5. The lowest BCUT2D eigenvalue weighted by atomic mass is 10.0. The number of carbonyl (C=O) groups excluding carboxylic acids is 2. The number of benzene rings is 2. The van der Waals surface area contributed by atoms with Gasteiger partial charge in [-0.3, -0.25) is 9.59 Å². The highest BCUT2D eigenvalue weighted by Crippen LogP contribution is 2.24. The van der Waals surface area contributed by atoms with Crippen LogP contribution in [0.4, 0.5) is 5.69 Å². The van der Waals surface area contributed by atoms with Crippen molar-refractivity contribution in [3.05, 3.63) is 77.9 Å². The molecule has 0 spiro atoms. The van der Waals surface area contributed by atoms with E-state index in [2.05, 4.69) is 21.7 Å². The molecule has 0 radical (unpaired) electrons. The Morgan fingerprint density at radius 2 is 1.96 bits per heavy atom. The molecule has 2 N–H and O–H groups in total. The topological polar surface area (TPSA) is 76.0 Å². The van der Waals surface area contributed by atoms with Crippen molar-refractivity contribution >= 4 is 17.5 Å². The van der Waals surface area contributed by atoms with Gasteiger partial charge in [0.15, 0.2) is 0 Å². The van der Waals surface area contributed by atoms with Crippen molar-refractivity contribution in [3.8, 4) is 5.69 Å². The quantitative estimate of drug-likeness (QED) is 0.667. The van der Waals surface area contributed by atoms with E-state index in [4.69, 9.17) is 0 Å². The number of amides is 2. The van der Waals surface area contributed by atoms with E-state index in [1.165, 1.54) is 0 Å². The second kappa shape index (κ2) is 8.08. The summed E-state index contributed by atoms with van der Waals surface area (Å²) in [5, 5.41) is 5.81.